The van der Waals surface area contributed by atoms with Crippen molar-refractivity contribution in [2.24, 2.45) is 0 Å². The van der Waals surface area contributed by atoms with Crippen LogP contribution in [0.1, 0.15) is 11.1 Å². The maximum Gasteiger partial charge on any atom is 0.149 e. The topological polar surface area (TPSA) is 31.4 Å². The Morgan fingerprint density at radius 2 is 2.12 bits per heavy atom. The van der Waals surface area contributed by atoms with Gasteiger partial charge in [-0.2, -0.15) is 0 Å². The Labute approximate surface area is 158 Å². The molecule has 1 aromatic heterocycles. The monoisotopic (exact) mass is 374 g/mol. The van der Waals surface area contributed by atoms with Crippen molar-refractivity contribution >= 4 is 34.7 Å². The van der Waals surface area contributed by atoms with Crippen LogP contribution in [0.4, 0.5) is 11.5 Å². The minimum absolute atomic E-state index is 0.685. The standard InChI is InChI=1S/C19H20Cl2N4/c1-24(2)8-3-4-14-10-18-19(23-12-14)22-7-9-25(18)13-15-11-16(20)5-6-17(15)21/h5-6,10-12H,7-9,13H2,1-2H3,(H,22,23). The second-order valence-electron chi connectivity index (χ2n) is 6.22. The third-order valence-corrected chi connectivity index (χ3v) is 4.48. The molecular weight excluding hydrogens is 355 g/mol. The van der Waals surface area contributed by atoms with E-state index in [1.165, 1.54) is 0 Å². The van der Waals surface area contributed by atoms with Crippen LogP contribution in [0.25, 0.3) is 0 Å². The Bertz CT molecular complexity index is 824. The van der Waals surface area contributed by atoms with E-state index < -0.39 is 0 Å². The lowest BCUT2D eigenvalue weighted by molar-refractivity contribution is 0.464. The van der Waals surface area contributed by atoms with Gasteiger partial charge in [0.15, 0.2) is 0 Å². The molecule has 6 heteroatoms. The van der Waals surface area contributed by atoms with Crippen molar-refractivity contribution in [3.8, 4) is 11.8 Å². The fraction of sp³-hybridized carbons (Fsp3) is 0.316. The molecule has 1 aliphatic heterocycles. The van der Waals surface area contributed by atoms with E-state index >= 15 is 0 Å². The lowest BCUT2D eigenvalue weighted by Gasteiger charge is -2.31. The van der Waals surface area contributed by atoms with Gasteiger partial charge in [-0.3, -0.25) is 4.90 Å². The van der Waals surface area contributed by atoms with Crippen molar-refractivity contribution in [3.63, 3.8) is 0 Å². The predicted molar refractivity (Wildman–Crippen MR) is 106 cm³/mol. The minimum Gasteiger partial charge on any atom is -0.367 e. The predicted octanol–water partition coefficient (Wildman–Crippen LogP) is 3.73. The van der Waals surface area contributed by atoms with E-state index in [4.69, 9.17) is 23.2 Å². The average molecular weight is 375 g/mol. The van der Waals surface area contributed by atoms with Crippen molar-refractivity contribution in [2.45, 2.75) is 6.54 Å². The SMILES string of the molecule is CN(C)CC#Cc1cnc2c(c1)N(Cc1cc(Cl)ccc1Cl)CCN2. The van der Waals surface area contributed by atoms with Gasteiger partial charge in [0, 0.05) is 41.4 Å². The zero-order valence-electron chi connectivity index (χ0n) is 14.3. The normalized spacial score (nSPS) is 13.1. The number of rotatable bonds is 3. The molecule has 1 aromatic carbocycles. The van der Waals surface area contributed by atoms with E-state index in [-0.39, 0.29) is 0 Å². The van der Waals surface area contributed by atoms with E-state index in [2.05, 4.69) is 33.1 Å². The van der Waals surface area contributed by atoms with Crippen LogP contribution in [0.3, 0.4) is 0 Å². The smallest absolute Gasteiger partial charge is 0.149 e. The number of pyridine rings is 1. The maximum atomic E-state index is 6.33. The highest BCUT2D eigenvalue weighted by molar-refractivity contribution is 6.33. The van der Waals surface area contributed by atoms with Crippen LogP contribution in [-0.4, -0.2) is 43.6 Å². The number of nitrogens with zero attached hydrogens (tertiary/aromatic N) is 3. The van der Waals surface area contributed by atoms with Crippen LogP contribution < -0.4 is 10.2 Å². The number of anilines is 2. The number of hydrogen-bond acceptors (Lipinski definition) is 4. The quantitative estimate of drug-likeness (QED) is 0.829. The molecule has 3 rings (SSSR count). The summed E-state index contributed by atoms with van der Waals surface area (Å²) in [6.45, 7) is 3.11. The van der Waals surface area contributed by atoms with Crippen molar-refractivity contribution in [3.05, 3.63) is 51.6 Å². The first-order valence-electron chi connectivity index (χ1n) is 8.09. The highest BCUT2D eigenvalue weighted by Crippen LogP contribution is 2.31. The lowest BCUT2D eigenvalue weighted by Crippen LogP contribution is -2.34. The maximum absolute atomic E-state index is 6.33. The Balaban J connectivity index is 1.86. The number of halogens is 2. The van der Waals surface area contributed by atoms with Crippen molar-refractivity contribution < 1.29 is 0 Å². The number of fused-ring (bicyclic) bond motifs is 1. The zero-order valence-corrected chi connectivity index (χ0v) is 15.8. The van der Waals surface area contributed by atoms with Gasteiger partial charge in [-0.25, -0.2) is 4.98 Å². The second kappa shape index (κ2) is 7.97. The van der Waals surface area contributed by atoms with Crippen LogP contribution in [0.5, 0.6) is 0 Å². The lowest BCUT2D eigenvalue weighted by atomic mass is 10.1. The third kappa shape index (κ3) is 4.58. The van der Waals surface area contributed by atoms with Crippen LogP contribution in [-0.2, 0) is 6.54 Å². The molecule has 0 bridgehead atoms. The molecule has 4 nitrogen and oxygen atoms in total. The molecule has 0 unspecified atom stereocenters. The summed E-state index contributed by atoms with van der Waals surface area (Å²) in [4.78, 5) is 8.81. The zero-order chi connectivity index (χ0) is 17.8. The summed E-state index contributed by atoms with van der Waals surface area (Å²) in [6, 6.07) is 7.64. The van der Waals surface area contributed by atoms with Gasteiger partial charge in [0.2, 0.25) is 0 Å². The molecular formula is C19H20Cl2N4. The highest BCUT2D eigenvalue weighted by atomic mass is 35.5. The Hall–Kier alpha value is -1.93. The van der Waals surface area contributed by atoms with Gasteiger partial charge >= 0.3 is 0 Å². The summed E-state index contributed by atoms with van der Waals surface area (Å²) in [5, 5.41) is 4.75. The van der Waals surface area contributed by atoms with Gasteiger partial charge < -0.3 is 10.2 Å². The Morgan fingerprint density at radius 1 is 1.28 bits per heavy atom. The molecule has 0 amide bonds. The van der Waals surface area contributed by atoms with Gasteiger partial charge in [-0.15, -0.1) is 0 Å². The third-order valence-electron chi connectivity index (χ3n) is 3.88. The molecule has 0 radical (unpaired) electrons. The van der Waals surface area contributed by atoms with Gasteiger partial charge in [-0.05, 0) is 43.9 Å². The first-order chi connectivity index (χ1) is 12.0. The molecule has 25 heavy (non-hydrogen) atoms. The van der Waals surface area contributed by atoms with E-state index in [1.807, 2.05) is 37.3 Å². The van der Waals surface area contributed by atoms with E-state index in [0.29, 0.717) is 11.6 Å². The van der Waals surface area contributed by atoms with Crippen molar-refractivity contribution in [1.82, 2.24) is 9.88 Å². The van der Waals surface area contributed by atoms with Gasteiger partial charge in [0.05, 0.1) is 12.2 Å². The molecule has 0 saturated heterocycles. The number of aromatic nitrogens is 1. The number of hydrogen-bond donors (Lipinski definition) is 1. The van der Waals surface area contributed by atoms with E-state index in [0.717, 1.165) is 47.3 Å². The summed E-state index contributed by atoms with van der Waals surface area (Å²) in [7, 11) is 4.00. The molecule has 2 heterocycles. The van der Waals surface area contributed by atoms with Gasteiger partial charge in [0.25, 0.3) is 0 Å². The summed E-state index contributed by atoms with van der Waals surface area (Å²) < 4.78 is 0. The first-order valence-corrected chi connectivity index (χ1v) is 8.85. The van der Waals surface area contributed by atoms with Crippen LogP contribution in [0.2, 0.25) is 10.0 Å². The molecule has 1 N–H and O–H groups in total. The molecule has 0 saturated carbocycles. The van der Waals surface area contributed by atoms with Crippen LogP contribution >= 0.6 is 23.2 Å². The van der Waals surface area contributed by atoms with Crippen molar-refractivity contribution in [2.75, 3.05) is 43.9 Å². The molecule has 0 aliphatic carbocycles. The fourth-order valence-electron chi connectivity index (χ4n) is 2.66. The van der Waals surface area contributed by atoms with E-state index in [1.54, 1.807) is 6.07 Å². The van der Waals surface area contributed by atoms with Crippen molar-refractivity contribution in [1.29, 1.82) is 0 Å². The van der Waals surface area contributed by atoms with Gasteiger partial charge in [-0.1, -0.05) is 35.0 Å². The number of benzene rings is 1. The summed E-state index contributed by atoms with van der Waals surface area (Å²) in [6.07, 6.45) is 1.81. The second-order valence-corrected chi connectivity index (χ2v) is 7.06. The fourth-order valence-corrected chi connectivity index (χ4v) is 3.03. The largest absolute Gasteiger partial charge is 0.367 e. The van der Waals surface area contributed by atoms with Gasteiger partial charge in [0.1, 0.15) is 5.82 Å². The highest BCUT2D eigenvalue weighted by Gasteiger charge is 2.19. The van der Waals surface area contributed by atoms with Crippen LogP contribution in [0.15, 0.2) is 30.5 Å². The molecule has 0 fully saturated rings. The minimum atomic E-state index is 0.685. The Morgan fingerprint density at radius 3 is 2.92 bits per heavy atom. The first kappa shape index (κ1) is 17.9. The van der Waals surface area contributed by atoms with Crippen LogP contribution in [0, 0.1) is 11.8 Å². The average Bonchev–Trinajstić information content (AvgIpc) is 2.58. The van der Waals surface area contributed by atoms with E-state index in [9.17, 15) is 0 Å². The summed E-state index contributed by atoms with van der Waals surface area (Å²) in [5.74, 6) is 7.20. The molecule has 0 atom stereocenters. The molecule has 1 aliphatic rings. The summed E-state index contributed by atoms with van der Waals surface area (Å²) >= 11 is 12.4. The molecule has 0 spiro atoms. The molecule has 130 valence electrons. The molecule has 2 aromatic rings. The summed E-state index contributed by atoms with van der Waals surface area (Å²) in [5.41, 5.74) is 2.96. The number of nitrogens with one attached hydrogen (secondary N) is 1. The Kier molecular flexibility index (Phi) is 5.70.